The molecule has 4 heteroatoms. The Morgan fingerprint density at radius 2 is 1.95 bits per heavy atom. The van der Waals surface area contributed by atoms with Crippen LogP contribution in [0.5, 0.6) is 0 Å². The second-order valence-corrected chi connectivity index (χ2v) is 5.79. The number of likely N-dealkylation sites (N-methyl/N-ethyl adjacent to an activating group) is 1. The van der Waals surface area contributed by atoms with E-state index in [4.69, 9.17) is 18.0 Å². The third kappa shape index (κ3) is 4.27. The lowest BCUT2D eigenvalue weighted by Crippen LogP contribution is -2.36. The van der Waals surface area contributed by atoms with E-state index in [0.717, 1.165) is 26.2 Å². The lowest BCUT2D eigenvalue weighted by Gasteiger charge is -2.26. The first-order valence-electron chi connectivity index (χ1n) is 6.92. The molecule has 1 aliphatic rings. The van der Waals surface area contributed by atoms with E-state index in [2.05, 4.69) is 41.1 Å². The van der Waals surface area contributed by atoms with E-state index in [-0.39, 0.29) is 5.92 Å². The molecule has 0 aliphatic carbocycles. The molecule has 0 spiro atoms. The zero-order chi connectivity index (χ0) is 13.7. The van der Waals surface area contributed by atoms with Gasteiger partial charge >= 0.3 is 0 Å². The van der Waals surface area contributed by atoms with Gasteiger partial charge in [0.1, 0.15) is 0 Å². The molecule has 1 aliphatic heterocycles. The Bertz CT molecular complexity index is 407. The molecule has 1 atom stereocenters. The molecule has 2 N–H and O–H groups in total. The summed E-state index contributed by atoms with van der Waals surface area (Å²) in [5.74, 6) is 0.166. The molecule has 0 aromatic heterocycles. The lowest BCUT2D eigenvalue weighted by molar-refractivity contribution is 0.274. The summed E-state index contributed by atoms with van der Waals surface area (Å²) in [4.78, 5) is 5.47. The molecule has 0 saturated carbocycles. The second-order valence-electron chi connectivity index (χ2n) is 5.32. The van der Waals surface area contributed by atoms with Crippen LogP contribution in [0.25, 0.3) is 0 Å². The van der Waals surface area contributed by atoms with Crippen molar-refractivity contribution in [3.8, 4) is 0 Å². The molecule has 1 unspecified atom stereocenters. The van der Waals surface area contributed by atoms with Crippen LogP contribution in [0.2, 0.25) is 0 Å². The second kappa shape index (κ2) is 6.98. The highest BCUT2D eigenvalue weighted by Crippen LogP contribution is 2.18. The van der Waals surface area contributed by atoms with Gasteiger partial charge in [-0.15, -0.1) is 0 Å². The minimum atomic E-state index is 0.166. The fraction of sp³-hybridized carbons (Fsp3) is 0.533. The molecule has 1 fully saturated rings. The Balaban J connectivity index is 2.03. The summed E-state index contributed by atoms with van der Waals surface area (Å²) in [5, 5.41) is 0. The minimum Gasteiger partial charge on any atom is -0.393 e. The zero-order valence-electron chi connectivity index (χ0n) is 11.6. The molecule has 0 bridgehead atoms. The van der Waals surface area contributed by atoms with Crippen LogP contribution in [0.3, 0.4) is 0 Å². The number of hydrogen-bond acceptors (Lipinski definition) is 3. The number of thiocarbonyl (C=S) groups is 1. The van der Waals surface area contributed by atoms with Gasteiger partial charge in [-0.1, -0.05) is 42.5 Å². The average molecular weight is 277 g/mol. The maximum Gasteiger partial charge on any atom is 0.0816 e. The van der Waals surface area contributed by atoms with Gasteiger partial charge in [0, 0.05) is 25.6 Å². The van der Waals surface area contributed by atoms with Gasteiger partial charge in [0.2, 0.25) is 0 Å². The van der Waals surface area contributed by atoms with Crippen molar-refractivity contribution in [3.63, 3.8) is 0 Å². The summed E-state index contributed by atoms with van der Waals surface area (Å²) >= 11 is 5.27. The summed E-state index contributed by atoms with van der Waals surface area (Å²) in [6, 6.07) is 10.4. The Morgan fingerprint density at radius 1 is 1.21 bits per heavy atom. The number of nitrogens with zero attached hydrogens (tertiary/aromatic N) is 2. The summed E-state index contributed by atoms with van der Waals surface area (Å²) < 4.78 is 0. The number of nitrogens with two attached hydrogens (primary N) is 1. The van der Waals surface area contributed by atoms with E-state index < -0.39 is 0 Å². The van der Waals surface area contributed by atoms with E-state index in [0.29, 0.717) is 4.99 Å². The highest BCUT2D eigenvalue weighted by atomic mass is 32.1. The molecule has 1 saturated heterocycles. The fourth-order valence-corrected chi connectivity index (χ4v) is 2.80. The van der Waals surface area contributed by atoms with Gasteiger partial charge < -0.3 is 15.5 Å². The van der Waals surface area contributed by atoms with Crippen molar-refractivity contribution < 1.29 is 0 Å². The average Bonchev–Trinajstić information content (AvgIpc) is 2.61. The van der Waals surface area contributed by atoms with Gasteiger partial charge in [0.05, 0.1) is 4.99 Å². The molecule has 1 aromatic rings. The van der Waals surface area contributed by atoms with E-state index in [1.165, 1.54) is 18.5 Å². The van der Waals surface area contributed by atoms with Crippen LogP contribution in [0.4, 0.5) is 0 Å². The van der Waals surface area contributed by atoms with Crippen molar-refractivity contribution in [1.82, 2.24) is 9.80 Å². The van der Waals surface area contributed by atoms with Crippen molar-refractivity contribution in [3.05, 3.63) is 35.9 Å². The van der Waals surface area contributed by atoms with Gasteiger partial charge in [-0.2, -0.15) is 0 Å². The topological polar surface area (TPSA) is 32.5 Å². The molecule has 104 valence electrons. The molecule has 1 aromatic carbocycles. The number of rotatable bonds is 4. The number of hydrogen-bond donors (Lipinski definition) is 1. The molecule has 0 radical (unpaired) electrons. The summed E-state index contributed by atoms with van der Waals surface area (Å²) in [7, 11) is 2.19. The van der Waals surface area contributed by atoms with Gasteiger partial charge in [0.15, 0.2) is 0 Å². The predicted octanol–water partition coefficient (Wildman–Crippen LogP) is 1.69. The largest absolute Gasteiger partial charge is 0.393 e. The van der Waals surface area contributed by atoms with E-state index in [9.17, 15) is 0 Å². The van der Waals surface area contributed by atoms with E-state index in [1.54, 1.807) is 0 Å². The van der Waals surface area contributed by atoms with Crippen molar-refractivity contribution in [2.45, 2.75) is 12.3 Å². The maximum absolute atomic E-state index is 5.95. The normalized spacial score (nSPS) is 19.8. The third-order valence-electron chi connectivity index (χ3n) is 3.80. The van der Waals surface area contributed by atoms with Gasteiger partial charge in [-0.25, -0.2) is 0 Å². The quantitative estimate of drug-likeness (QED) is 0.849. The third-order valence-corrected chi connectivity index (χ3v) is 4.08. The van der Waals surface area contributed by atoms with Crippen LogP contribution in [0.1, 0.15) is 17.9 Å². The molecule has 1 heterocycles. The van der Waals surface area contributed by atoms with Crippen LogP contribution >= 0.6 is 12.2 Å². The smallest absolute Gasteiger partial charge is 0.0816 e. The van der Waals surface area contributed by atoms with Crippen LogP contribution in [-0.2, 0) is 0 Å². The first kappa shape index (κ1) is 14.4. The highest BCUT2D eigenvalue weighted by molar-refractivity contribution is 7.80. The molecular formula is C15H23N3S. The Labute approximate surface area is 121 Å². The van der Waals surface area contributed by atoms with Crippen molar-refractivity contribution >= 4 is 17.2 Å². The van der Waals surface area contributed by atoms with Gasteiger partial charge in [0.25, 0.3) is 0 Å². The maximum atomic E-state index is 5.95. The van der Waals surface area contributed by atoms with Crippen molar-refractivity contribution in [2.24, 2.45) is 5.73 Å². The Morgan fingerprint density at radius 3 is 2.63 bits per heavy atom. The lowest BCUT2D eigenvalue weighted by atomic mass is 9.98. The molecule has 0 amide bonds. The summed E-state index contributed by atoms with van der Waals surface area (Å²) in [6.07, 6.45) is 1.22. The SMILES string of the molecule is CN1CCCN(CC(C(N)=S)c2ccccc2)CC1. The Hall–Kier alpha value is -0.970. The van der Waals surface area contributed by atoms with E-state index in [1.807, 2.05) is 6.07 Å². The first-order chi connectivity index (χ1) is 9.16. The minimum absolute atomic E-state index is 0.166. The van der Waals surface area contributed by atoms with Crippen LogP contribution in [0, 0.1) is 0 Å². The standard InChI is InChI=1S/C15H23N3S/c1-17-8-5-9-18(11-10-17)12-14(15(16)19)13-6-3-2-4-7-13/h2-4,6-7,14H,5,8-12H2,1H3,(H2,16,19). The molecule has 3 nitrogen and oxygen atoms in total. The highest BCUT2D eigenvalue weighted by Gasteiger charge is 2.20. The van der Waals surface area contributed by atoms with Gasteiger partial charge in [-0.05, 0) is 32.1 Å². The monoisotopic (exact) mass is 277 g/mol. The van der Waals surface area contributed by atoms with Crippen molar-refractivity contribution in [2.75, 3.05) is 39.8 Å². The zero-order valence-corrected chi connectivity index (χ0v) is 12.4. The van der Waals surface area contributed by atoms with Crippen molar-refractivity contribution in [1.29, 1.82) is 0 Å². The number of benzene rings is 1. The van der Waals surface area contributed by atoms with Crippen LogP contribution in [0.15, 0.2) is 30.3 Å². The van der Waals surface area contributed by atoms with E-state index >= 15 is 0 Å². The first-order valence-corrected chi connectivity index (χ1v) is 7.33. The summed E-state index contributed by atoms with van der Waals surface area (Å²) in [5.41, 5.74) is 7.18. The Kier molecular flexibility index (Phi) is 5.31. The summed E-state index contributed by atoms with van der Waals surface area (Å²) in [6.45, 7) is 5.48. The molecular weight excluding hydrogens is 254 g/mol. The molecule has 19 heavy (non-hydrogen) atoms. The van der Waals surface area contributed by atoms with Crippen LogP contribution in [-0.4, -0.2) is 54.6 Å². The fourth-order valence-electron chi connectivity index (χ4n) is 2.59. The molecule has 2 rings (SSSR count). The predicted molar refractivity (Wildman–Crippen MR) is 84.5 cm³/mol. The van der Waals surface area contributed by atoms with Gasteiger partial charge in [-0.3, -0.25) is 0 Å². The van der Waals surface area contributed by atoms with Crippen LogP contribution < -0.4 is 5.73 Å².